The zero-order valence-electron chi connectivity index (χ0n) is 14.8. The molecule has 26 heavy (non-hydrogen) atoms. The SMILES string of the molecule is CCn1c(S[C@H]2CS(=O)(=O)C[C@H]2O)nc2sc3c(c2c1=O)CC[C@@H](C)C3. The molecule has 0 radical (unpaired) electrons. The second-order valence-electron chi connectivity index (χ2n) is 7.28. The van der Waals surface area contributed by atoms with Crippen LogP contribution in [0.2, 0.25) is 0 Å². The summed E-state index contributed by atoms with van der Waals surface area (Å²) in [5.41, 5.74) is 1.12. The lowest BCUT2D eigenvalue weighted by Crippen LogP contribution is -2.26. The van der Waals surface area contributed by atoms with Gasteiger partial charge in [0.2, 0.25) is 0 Å². The summed E-state index contributed by atoms with van der Waals surface area (Å²) in [7, 11) is -3.23. The van der Waals surface area contributed by atoms with Crippen molar-refractivity contribution in [3.8, 4) is 0 Å². The number of thioether (sulfide) groups is 1. The molecule has 0 bridgehead atoms. The number of aromatic nitrogens is 2. The van der Waals surface area contributed by atoms with Crippen molar-refractivity contribution in [3.63, 3.8) is 0 Å². The van der Waals surface area contributed by atoms with E-state index in [-0.39, 0.29) is 17.1 Å². The molecule has 142 valence electrons. The van der Waals surface area contributed by atoms with Crippen LogP contribution >= 0.6 is 23.1 Å². The number of aliphatic hydroxyl groups excluding tert-OH is 1. The largest absolute Gasteiger partial charge is 0.391 e. The molecule has 2 aliphatic rings. The van der Waals surface area contributed by atoms with Gasteiger partial charge in [-0.25, -0.2) is 13.4 Å². The molecule has 2 aromatic heterocycles. The molecule has 0 saturated carbocycles. The van der Waals surface area contributed by atoms with Crippen LogP contribution in [0.3, 0.4) is 0 Å². The number of sulfone groups is 1. The fourth-order valence-electron chi connectivity index (χ4n) is 3.82. The number of rotatable bonds is 3. The Morgan fingerprint density at radius 3 is 2.81 bits per heavy atom. The number of fused-ring (bicyclic) bond motifs is 3. The van der Waals surface area contributed by atoms with Crippen LogP contribution in [0.1, 0.15) is 30.7 Å². The summed E-state index contributed by atoms with van der Waals surface area (Å²) in [6.07, 6.45) is 2.08. The van der Waals surface area contributed by atoms with Gasteiger partial charge in [0.1, 0.15) is 4.83 Å². The molecule has 2 aromatic rings. The molecule has 0 amide bonds. The fourth-order valence-corrected chi connectivity index (χ4v) is 8.88. The second-order valence-corrected chi connectivity index (χ2v) is 11.7. The minimum Gasteiger partial charge on any atom is -0.391 e. The maximum absolute atomic E-state index is 13.1. The lowest BCUT2D eigenvalue weighted by Gasteiger charge is -2.18. The van der Waals surface area contributed by atoms with Gasteiger partial charge in [-0.15, -0.1) is 11.3 Å². The third-order valence-electron chi connectivity index (χ3n) is 5.23. The van der Waals surface area contributed by atoms with E-state index in [4.69, 9.17) is 4.98 Å². The predicted octanol–water partition coefficient (Wildman–Crippen LogP) is 1.85. The highest BCUT2D eigenvalue weighted by Gasteiger charge is 2.38. The van der Waals surface area contributed by atoms with Gasteiger partial charge >= 0.3 is 0 Å². The first kappa shape index (κ1) is 18.5. The van der Waals surface area contributed by atoms with Gasteiger partial charge in [-0.3, -0.25) is 9.36 Å². The lowest BCUT2D eigenvalue weighted by molar-refractivity contribution is 0.207. The van der Waals surface area contributed by atoms with E-state index < -0.39 is 21.2 Å². The Labute approximate surface area is 160 Å². The molecule has 4 rings (SSSR count). The van der Waals surface area contributed by atoms with Gasteiger partial charge in [0.05, 0.1) is 28.2 Å². The summed E-state index contributed by atoms with van der Waals surface area (Å²) in [6.45, 7) is 4.59. The van der Waals surface area contributed by atoms with Gasteiger partial charge < -0.3 is 5.11 Å². The lowest BCUT2D eigenvalue weighted by atomic mass is 9.89. The molecule has 0 aromatic carbocycles. The van der Waals surface area contributed by atoms with Crippen LogP contribution in [0, 0.1) is 5.92 Å². The van der Waals surface area contributed by atoms with Gasteiger partial charge in [-0.2, -0.15) is 0 Å². The van der Waals surface area contributed by atoms with Gasteiger partial charge in [-0.1, -0.05) is 18.7 Å². The number of thiophene rings is 1. The van der Waals surface area contributed by atoms with E-state index in [1.165, 1.54) is 16.6 Å². The van der Waals surface area contributed by atoms with E-state index >= 15 is 0 Å². The highest BCUT2D eigenvalue weighted by atomic mass is 32.2. The van der Waals surface area contributed by atoms with E-state index in [1.807, 2.05) is 6.92 Å². The summed E-state index contributed by atoms with van der Waals surface area (Å²) in [5, 5.41) is 10.9. The Kier molecular flexibility index (Phi) is 4.70. The fraction of sp³-hybridized carbons (Fsp3) is 0.647. The molecule has 9 heteroatoms. The number of nitrogens with zero attached hydrogens (tertiary/aromatic N) is 2. The number of hydrogen-bond donors (Lipinski definition) is 1. The van der Waals surface area contributed by atoms with Crippen LogP contribution in [0.4, 0.5) is 0 Å². The minimum atomic E-state index is -3.23. The van der Waals surface area contributed by atoms with E-state index in [9.17, 15) is 18.3 Å². The van der Waals surface area contributed by atoms with E-state index in [1.54, 1.807) is 15.9 Å². The number of hydrogen-bond acceptors (Lipinski definition) is 7. The average molecular weight is 415 g/mol. The smallest absolute Gasteiger partial charge is 0.263 e. The third-order valence-corrected chi connectivity index (χ3v) is 9.61. The maximum Gasteiger partial charge on any atom is 0.263 e. The molecule has 1 aliphatic heterocycles. The van der Waals surface area contributed by atoms with Gasteiger partial charge in [0.25, 0.3) is 5.56 Å². The van der Waals surface area contributed by atoms with Crippen molar-refractivity contribution >= 4 is 43.2 Å². The van der Waals surface area contributed by atoms with E-state index in [0.29, 0.717) is 17.6 Å². The summed E-state index contributed by atoms with van der Waals surface area (Å²) < 4.78 is 25.2. The zero-order chi connectivity index (χ0) is 18.6. The highest BCUT2D eigenvalue weighted by molar-refractivity contribution is 8.01. The zero-order valence-corrected chi connectivity index (χ0v) is 17.2. The molecule has 1 aliphatic carbocycles. The normalized spacial score (nSPS) is 27.7. The molecule has 3 heterocycles. The first-order valence-corrected chi connectivity index (χ1v) is 12.4. The van der Waals surface area contributed by atoms with Gasteiger partial charge in [0.15, 0.2) is 15.0 Å². The Morgan fingerprint density at radius 1 is 1.38 bits per heavy atom. The van der Waals surface area contributed by atoms with Gasteiger partial charge in [0, 0.05) is 11.4 Å². The van der Waals surface area contributed by atoms with Crippen molar-refractivity contribution in [3.05, 3.63) is 20.8 Å². The molecule has 1 fully saturated rings. The van der Waals surface area contributed by atoms with Crippen LogP contribution < -0.4 is 5.56 Å². The number of aliphatic hydroxyl groups is 1. The Morgan fingerprint density at radius 2 is 2.15 bits per heavy atom. The van der Waals surface area contributed by atoms with E-state index in [2.05, 4.69) is 6.92 Å². The molecule has 1 N–H and O–H groups in total. The molecular weight excluding hydrogens is 392 g/mol. The molecule has 1 saturated heterocycles. The topological polar surface area (TPSA) is 89.3 Å². The minimum absolute atomic E-state index is 0.0394. The Hall–Kier alpha value is -0.900. The Bertz CT molecular complexity index is 1020. The molecule has 3 atom stereocenters. The van der Waals surface area contributed by atoms with Crippen molar-refractivity contribution in [2.24, 2.45) is 5.92 Å². The third kappa shape index (κ3) is 3.12. The van der Waals surface area contributed by atoms with Crippen molar-refractivity contribution < 1.29 is 13.5 Å². The summed E-state index contributed by atoms with van der Waals surface area (Å²) in [4.78, 5) is 19.8. The van der Waals surface area contributed by atoms with Crippen molar-refractivity contribution in [2.45, 2.75) is 56.2 Å². The summed E-state index contributed by atoms with van der Waals surface area (Å²) in [6, 6.07) is 0. The van der Waals surface area contributed by atoms with Crippen LogP contribution in [0.25, 0.3) is 10.2 Å². The molecule has 0 unspecified atom stereocenters. The second kappa shape index (κ2) is 6.61. The molecule has 6 nitrogen and oxygen atoms in total. The van der Waals surface area contributed by atoms with Crippen molar-refractivity contribution in [2.75, 3.05) is 11.5 Å². The van der Waals surface area contributed by atoms with Crippen LogP contribution in [-0.2, 0) is 29.2 Å². The average Bonchev–Trinajstić information content (AvgIpc) is 3.03. The van der Waals surface area contributed by atoms with Gasteiger partial charge in [-0.05, 0) is 37.7 Å². The first-order valence-electron chi connectivity index (χ1n) is 8.89. The maximum atomic E-state index is 13.1. The monoisotopic (exact) mass is 414 g/mol. The highest BCUT2D eigenvalue weighted by Crippen LogP contribution is 2.37. The molecule has 0 spiro atoms. The van der Waals surface area contributed by atoms with Crippen molar-refractivity contribution in [1.82, 2.24) is 9.55 Å². The van der Waals surface area contributed by atoms with E-state index in [0.717, 1.165) is 35.0 Å². The van der Waals surface area contributed by atoms with Crippen LogP contribution in [0.15, 0.2) is 9.95 Å². The van der Waals surface area contributed by atoms with Crippen LogP contribution in [-0.4, -0.2) is 45.9 Å². The standard InChI is InChI=1S/C17H22N2O4S3/c1-3-19-16(21)14-10-5-4-9(2)6-12(10)24-15(14)18-17(19)25-13-8-26(22,23)7-11(13)20/h9,11,13,20H,3-8H2,1-2H3/t9-,11-,13+/m1/s1. The van der Waals surface area contributed by atoms with Crippen molar-refractivity contribution in [1.29, 1.82) is 0 Å². The summed E-state index contributed by atoms with van der Waals surface area (Å²) in [5.74, 6) is 0.334. The quantitative estimate of drug-likeness (QED) is 0.771. The predicted molar refractivity (Wildman–Crippen MR) is 105 cm³/mol. The first-order chi connectivity index (χ1) is 12.3. The van der Waals surface area contributed by atoms with Crippen LogP contribution in [0.5, 0.6) is 0 Å². The summed E-state index contributed by atoms with van der Waals surface area (Å²) >= 11 is 2.81. The Balaban J connectivity index is 1.80. The molecular formula is C17H22N2O4S3. The number of aryl methyl sites for hydroxylation is 1.